The molecule has 0 spiro atoms. The van der Waals surface area contributed by atoms with E-state index >= 15 is 28.8 Å². The minimum atomic E-state index is -2.40. The lowest BCUT2D eigenvalue weighted by molar-refractivity contribution is -0.284. The fraction of sp³-hybridized carbons (Fsp3) is 0.200. The van der Waals surface area contributed by atoms with Crippen molar-refractivity contribution in [2.75, 3.05) is 6.61 Å². The summed E-state index contributed by atoms with van der Waals surface area (Å²) in [5, 5.41) is 134. The molecule has 0 aliphatic carbocycles. The fourth-order valence-corrected chi connectivity index (χ4v) is 15.9. The van der Waals surface area contributed by atoms with E-state index < -0.39 is 213 Å². The summed E-state index contributed by atoms with van der Waals surface area (Å²) in [7, 11) is 0. The quantitative estimate of drug-likeness (QED) is 0.0694. The van der Waals surface area contributed by atoms with Crippen LogP contribution in [0, 0.1) is 0 Å². The summed E-state index contributed by atoms with van der Waals surface area (Å²) in [6.07, 6.45) is -8.51. The fourth-order valence-electron chi connectivity index (χ4n) is 14.4. The molecule has 31 nitrogen and oxygen atoms in total. The Balaban J connectivity index is 0.925. The lowest BCUT2D eigenvalue weighted by Gasteiger charge is -2.44. The zero-order chi connectivity index (χ0) is 80.4. The van der Waals surface area contributed by atoms with Crippen LogP contribution in [0.5, 0.6) is 69.0 Å². The molecule has 17 rings (SSSR count). The number of rotatable bonds is 8. The standard InChI is InChI=1S/C80H66Cl2N8O23S/c1-33(92)83-65-70(100)69(99)59(32-91)112-80(65)113-71-37-14-18-55(49(82)24-37)111-58-27-40-26-57(68(58)98)110-54-17-11-34(19-48(54)81)20-50-72(101)85-62(74(103)87-63(40)75(104)86-61-35-12-15-51(95)46(23-35)60-47(29-42(94)30-53(60)97)64(79(107)108)88-76(105)66(71)89-73(61)102)39-21-41(93)28-43(22-39)109-56-25-36(13-16-52(56)96)67(77(106)84-50)90-31-38-7-5-6-10-45(38)78(90)114-44-8-3-2-4-9-44/h2-19,21-31,50,59,61-67,69-71,80,91,93-100H,20,32H2,1H3,(H,83,92)(H,84,106)(H,85,101)(H,86,104)(H,87,103)(H,88,105)(H,89,102)(H,107,108)/t50-,59-,61-,62+,63-,64+,65-,66+,67-,69-,70-,71-,80+/m1/s1. The predicted octanol–water partition coefficient (Wildman–Crippen LogP) is 7.65. The number of hydrogen-bond donors (Lipinski definition) is 17. The summed E-state index contributed by atoms with van der Waals surface area (Å²) >= 11 is 15.6. The average molecular weight is 1610 g/mol. The Morgan fingerprint density at radius 1 is 0.570 bits per heavy atom. The minimum absolute atomic E-state index is 0.173. The number of carbonyl (C=O) groups excluding carboxylic acids is 7. The Bertz CT molecular complexity index is 5620. The maximum Gasteiger partial charge on any atom is 0.330 e. The molecule has 0 saturated carbocycles. The number of amides is 7. The number of aliphatic carboxylic acids is 1. The summed E-state index contributed by atoms with van der Waals surface area (Å²) in [6.45, 7) is 0.0237. The number of carboxylic acid groups (broad SMARTS) is 1. The van der Waals surface area contributed by atoms with Gasteiger partial charge in [0.2, 0.25) is 47.1 Å². The molecular formula is C80H66Cl2N8O23S. The van der Waals surface area contributed by atoms with Crippen molar-refractivity contribution in [3.05, 3.63) is 225 Å². The van der Waals surface area contributed by atoms with Crippen LogP contribution < -0.4 is 51.4 Å². The lowest BCUT2D eigenvalue weighted by atomic mass is 9.89. The molecule has 7 amide bonds. The first-order valence-electron chi connectivity index (χ1n) is 35.1. The average Bonchev–Trinajstić information content (AvgIpc) is 1.54. The first-order chi connectivity index (χ1) is 54.6. The maximum atomic E-state index is 16.4. The van der Waals surface area contributed by atoms with Gasteiger partial charge < -0.3 is 117 Å². The van der Waals surface area contributed by atoms with Gasteiger partial charge in [-0.3, -0.25) is 33.6 Å². The molecule has 1 fully saturated rings. The molecule has 1 aromatic heterocycles. The van der Waals surface area contributed by atoms with Gasteiger partial charge in [0.05, 0.1) is 21.7 Å². The molecule has 9 aromatic carbocycles. The number of aliphatic hydroxyl groups is 3. The Hall–Kier alpha value is -12.8. The number of aromatic nitrogens is 1. The normalized spacial score (nSPS) is 23.5. The van der Waals surface area contributed by atoms with Crippen LogP contribution in [0.1, 0.15) is 82.2 Å². The van der Waals surface area contributed by atoms with Crippen LogP contribution in [0.3, 0.4) is 0 Å². The van der Waals surface area contributed by atoms with Crippen molar-refractivity contribution in [3.8, 4) is 80.1 Å². The van der Waals surface area contributed by atoms with Gasteiger partial charge in [-0.1, -0.05) is 102 Å². The third kappa shape index (κ3) is 15.0. The SMILES string of the molecule is CC(=O)N[C@H]1[C@H](O[C@@H]2c3ccc(c(Cl)c3)Oc3cc4cc(c3O)Oc3ccc(cc3Cl)C[C@H]3NC(=O)[C@H](n5cc6ccccc6c5Sc5ccccc5)c5ccc(O)c(c5)Oc5cc(O)cc(c5)[C@H](NC3=O)C(=O)N[C@H]4C(=O)N[C@H]3C(=O)N[C@@H]2C(=O)N[C@H](C(=O)O)c2cc(O)cc(O)c2-c2cc3ccc2O)O[C@H](CO)[C@@H](O)[C@@H]1O. The number of carbonyl (C=O) groups is 8. The number of hydrogen-bond acceptors (Lipinski definition) is 23. The number of phenolic OH excluding ortho intramolecular Hbond substituents is 6. The zero-order valence-electron chi connectivity index (χ0n) is 59.1. The second-order valence-corrected chi connectivity index (χ2v) is 29.3. The highest BCUT2D eigenvalue weighted by Crippen LogP contribution is 2.50. The number of carboxylic acids is 1. The van der Waals surface area contributed by atoms with E-state index in [2.05, 4.69) is 37.2 Å². The molecule has 7 aliphatic rings. The van der Waals surface area contributed by atoms with Crippen LogP contribution in [0.4, 0.5) is 0 Å². The molecule has 0 unspecified atom stereocenters. The van der Waals surface area contributed by atoms with E-state index in [1.54, 1.807) is 10.8 Å². The molecule has 17 N–H and O–H groups in total. The molecule has 1 saturated heterocycles. The number of fused-ring (bicyclic) bond motifs is 15. The van der Waals surface area contributed by atoms with Crippen LogP contribution in [-0.4, -0.2) is 152 Å². The van der Waals surface area contributed by atoms with Gasteiger partial charge in [-0.05, 0) is 124 Å². The Morgan fingerprint density at radius 3 is 1.89 bits per heavy atom. The Labute approximate surface area is 658 Å². The number of phenols is 6. The molecular weight excluding hydrogens is 1540 g/mol. The number of aliphatic hydroxyl groups excluding tert-OH is 3. The second-order valence-electron chi connectivity index (χ2n) is 27.4. The highest BCUT2D eigenvalue weighted by molar-refractivity contribution is 7.99. The maximum absolute atomic E-state index is 16.4. The van der Waals surface area contributed by atoms with Gasteiger partial charge in [-0.2, -0.15) is 0 Å². The summed E-state index contributed by atoms with van der Waals surface area (Å²) in [6, 6.07) is 22.4. The Morgan fingerprint density at radius 2 is 1.19 bits per heavy atom. The molecule has 0 radical (unpaired) electrons. The van der Waals surface area contributed by atoms with E-state index in [9.17, 15) is 60.7 Å². The van der Waals surface area contributed by atoms with Crippen molar-refractivity contribution in [2.24, 2.45) is 0 Å². The highest BCUT2D eigenvalue weighted by Gasteiger charge is 2.50. The zero-order valence-corrected chi connectivity index (χ0v) is 61.4. The van der Waals surface area contributed by atoms with E-state index in [1.165, 1.54) is 60.3 Å². The van der Waals surface area contributed by atoms with Crippen molar-refractivity contribution in [1.29, 1.82) is 0 Å². The number of aromatic hydroxyl groups is 6. The molecule has 17 bridgehead atoms. The van der Waals surface area contributed by atoms with E-state index in [0.717, 1.165) is 83.9 Å². The second kappa shape index (κ2) is 31.1. The smallest absolute Gasteiger partial charge is 0.330 e. The molecule has 13 atom stereocenters. The number of ether oxygens (including phenoxy) is 5. The van der Waals surface area contributed by atoms with E-state index in [0.29, 0.717) is 10.4 Å². The molecule has 584 valence electrons. The van der Waals surface area contributed by atoms with Gasteiger partial charge in [-0.25, -0.2) is 4.79 Å². The highest BCUT2D eigenvalue weighted by atomic mass is 35.5. The number of benzene rings is 9. The van der Waals surface area contributed by atoms with Gasteiger partial charge in [0.1, 0.15) is 107 Å². The topological polar surface area (TPSA) is 474 Å². The van der Waals surface area contributed by atoms with E-state index in [-0.39, 0.29) is 55.8 Å². The molecule has 7 aliphatic heterocycles. The summed E-state index contributed by atoms with van der Waals surface area (Å²) in [5.74, 6) is -16.8. The van der Waals surface area contributed by atoms with Crippen LogP contribution in [0.2, 0.25) is 10.0 Å². The molecule has 8 heterocycles. The van der Waals surface area contributed by atoms with Crippen molar-refractivity contribution in [2.45, 2.75) is 102 Å². The molecule has 114 heavy (non-hydrogen) atoms. The third-order valence-corrected chi connectivity index (χ3v) is 21.5. The van der Waals surface area contributed by atoms with Gasteiger partial charge >= 0.3 is 5.97 Å². The minimum Gasteiger partial charge on any atom is -0.508 e. The molecule has 10 aromatic rings. The van der Waals surface area contributed by atoms with Gasteiger partial charge in [-0.15, -0.1) is 0 Å². The molecule has 34 heteroatoms. The number of nitrogens with one attached hydrogen (secondary N) is 7. The summed E-state index contributed by atoms with van der Waals surface area (Å²) in [4.78, 5) is 124. The Kier molecular flexibility index (Phi) is 20.9. The monoisotopic (exact) mass is 1610 g/mol. The van der Waals surface area contributed by atoms with Gasteiger partial charge in [0, 0.05) is 64.0 Å². The van der Waals surface area contributed by atoms with Crippen LogP contribution in [0.15, 0.2) is 186 Å². The van der Waals surface area contributed by atoms with Crippen LogP contribution >= 0.6 is 35.0 Å². The summed E-state index contributed by atoms with van der Waals surface area (Å²) in [5.41, 5.74) is -2.48. The van der Waals surface area contributed by atoms with Crippen molar-refractivity contribution < 1.29 is 113 Å². The van der Waals surface area contributed by atoms with Crippen molar-refractivity contribution in [1.82, 2.24) is 41.8 Å². The number of nitrogens with zero attached hydrogens (tertiary/aromatic N) is 1. The summed E-state index contributed by atoms with van der Waals surface area (Å²) < 4.78 is 33.5. The van der Waals surface area contributed by atoms with Crippen LogP contribution in [0.25, 0.3) is 21.9 Å². The van der Waals surface area contributed by atoms with Crippen LogP contribution in [-0.2, 0) is 54.3 Å². The lowest BCUT2D eigenvalue weighted by Crippen LogP contribution is -2.65. The first-order valence-corrected chi connectivity index (χ1v) is 36.7. The predicted molar refractivity (Wildman–Crippen MR) is 403 cm³/mol. The van der Waals surface area contributed by atoms with Crippen molar-refractivity contribution in [3.63, 3.8) is 0 Å². The van der Waals surface area contributed by atoms with Gasteiger partial charge in [0.25, 0.3) is 0 Å². The van der Waals surface area contributed by atoms with Gasteiger partial charge in [0.15, 0.2) is 35.3 Å². The number of halogens is 2. The third-order valence-electron chi connectivity index (χ3n) is 19.8. The van der Waals surface area contributed by atoms with Crippen molar-refractivity contribution >= 4 is 93.1 Å². The largest absolute Gasteiger partial charge is 0.508 e. The first kappa shape index (κ1) is 76.6. The van der Waals surface area contributed by atoms with E-state index in [4.69, 9.17) is 46.9 Å². The van der Waals surface area contributed by atoms with E-state index in [1.807, 2.05) is 54.6 Å².